The van der Waals surface area contributed by atoms with Crippen LogP contribution in [0.1, 0.15) is 30.5 Å². The molecule has 3 aliphatic rings. The van der Waals surface area contributed by atoms with Gasteiger partial charge in [-0.3, -0.25) is 19.4 Å². The molecule has 0 atom stereocenters. The van der Waals surface area contributed by atoms with E-state index >= 15 is 0 Å². The topological polar surface area (TPSA) is 66.6 Å². The normalized spacial score (nSPS) is 20.8. The van der Waals surface area contributed by atoms with Crippen molar-refractivity contribution in [2.24, 2.45) is 7.05 Å². The Morgan fingerprint density at radius 3 is 2.60 bits per heavy atom. The molecular weight excluding hydrogens is 380 g/mol. The number of nitrogens with zero attached hydrogens (tertiary/aromatic N) is 6. The van der Waals surface area contributed by atoms with Gasteiger partial charge in [0.25, 0.3) is 0 Å². The Labute approximate surface area is 176 Å². The van der Waals surface area contributed by atoms with Crippen LogP contribution < -0.4 is 5.56 Å². The molecule has 2 aliphatic heterocycles. The first-order valence-electron chi connectivity index (χ1n) is 11.1. The van der Waals surface area contributed by atoms with Crippen LogP contribution in [0.2, 0.25) is 0 Å². The predicted octanol–water partition coefficient (Wildman–Crippen LogP) is 0.626. The molecule has 0 aromatic carbocycles. The number of aryl methyl sites for hydroxylation is 1. The van der Waals surface area contributed by atoms with Crippen LogP contribution in [0, 0.1) is 0 Å². The van der Waals surface area contributed by atoms with E-state index in [1.807, 2.05) is 15.8 Å². The zero-order valence-electron chi connectivity index (χ0n) is 17.7. The Morgan fingerprint density at radius 2 is 1.90 bits per heavy atom. The number of hydrogen-bond donors (Lipinski definition) is 0. The maximum atomic E-state index is 12.8. The van der Waals surface area contributed by atoms with E-state index in [0.717, 1.165) is 68.7 Å². The summed E-state index contributed by atoms with van der Waals surface area (Å²) >= 11 is 0. The number of carbonyl (C=O) groups is 1. The molecule has 0 spiro atoms. The minimum atomic E-state index is -0.0334. The summed E-state index contributed by atoms with van der Waals surface area (Å²) in [5.74, 6) is 0.247. The van der Waals surface area contributed by atoms with Crippen LogP contribution in [0.5, 0.6) is 0 Å². The van der Waals surface area contributed by atoms with E-state index < -0.39 is 0 Å². The first-order valence-corrected chi connectivity index (χ1v) is 11.1. The van der Waals surface area contributed by atoms with Gasteiger partial charge in [0.15, 0.2) is 0 Å². The summed E-state index contributed by atoms with van der Waals surface area (Å²) in [4.78, 5) is 31.3. The summed E-state index contributed by atoms with van der Waals surface area (Å²) in [6, 6.07) is 4.13. The summed E-state index contributed by atoms with van der Waals surface area (Å²) in [6.07, 6.45) is 8.69. The first kappa shape index (κ1) is 19.5. The van der Waals surface area contributed by atoms with Gasteiger partial charge in [-0.05, 0) is 18.9 Å². The molecule has 2 aromatic rings. The number of pyridine rings is 1. The van der Waals surface area contributed by atoms with E-state index in [4.69, 9.17) is 5.10 Å². The number of carbonyl (C=O) groups excluding carboxylic acids is 1. The van der Waals surface area contributed by atoms with Gasteiger partial charge in [0.2, 0.25) is 11.5 Å². The van der Waals surface area contributed by atoms with Crippen molar-refractivity contribution in [1.82, 2.24) is 29.0 Å². The van der Waals surface area contributed by atoms with Crippen LogP contribution in [0.25, 0.3) is 5.69 Å². The predicted molar refractivity (Wildman–Crippen MR) is 114 cm³/mol. The lowest BCUT2D eigenvalue weighted by Crippen LogP contribution is -2.55. The second-order valence-electron chi connectivity index (χ2n) is 8.84. The number of fused-ring (bicyclic) bond motifs is 1. The van der Waals surface area contributed by atoms with Gasteiger partial charge >= 0.3 is 0 Å². The Kier molecular flexibility index (Phi) is 5.20. The monoisotopic (exact) mass is 410 g/mol. The highest BCUT2D eigenvalue weighted by atomic mass is 16.2. The summed E-state index contributed by atoms with van der Waals surface area (Å²) in [7, 11) is 1.74. The van der Waals surface area contributed by atoms with Gasteiger partial charge < -0.3 is 9.47 Å². The van der Waals surface area contributed by atoms with Crippen molar-refractivity contribution in [2.75, 3.05) is 39.3 Å². The van der Waals surface area contributed by atoms with Crippen molar-refractivity contribution in [3.8, 4) is 5.69 Å². The molecule has 1 saturated heterocycles. The van der Waals surface area contributed by atoms with Crippen LogP contribution >= 0.6 is 0 Å². The Balaban J connectivity index is 1.19. The highest BCUT2D eigenvalue weighted by Crippen LogP contribution is 2.25. The lowest BCUT2D eigenvalue weighted by molar-refractivity contribution is -0.135. The number of aromatic nitrogens is 3. The molecule has 0 unspecified atom stereocenters. The molecule has 4 heterocycles. The molecule has 0 bridgehead atoms. The van der Waals surface area contributed by atoms with Crippen LogP contribution in [0.4, 0.5) is 0 Å². The fourth-order valence-corrected chi connectivity index (χ4v) is 4.73. The van der Waals surface area contributed by atoms with Gasteiger partial charge in [-0.15, -0.1) is 0 Å². The summed E-state index contributed by atoms with van der Waals surface area (Å²) < 4.78 is 3.40. The molecule has 5 rings (SSSR count). The summed E-state index contributed by atoms with van der Waals surface area (Å²) in [5, 5.41) is 4.71. The molecule has 0 N–H and O–H groups in total. The molecule has 0 radical (unpaired) electrons. The zero-order valence-corrected chi connectivity index (χ0v) is 17.7. The smallest absolute Gasteiger partial charge is 0.250 e. The van der Waals surface area contributed by atoms with Gasteiger partial charge in [0, 0.05) is 82.8 Å². The van der Waals surface area contributed by atoms with Gasteiger partial charge in [-0.2, -0.15) is 5.10 Å². The Morgan fingerprint density at radius 1 is 1.10 bits per heavy atom. The zero-order chi connectivity index (χ0) is 20.7. The van der Waals surface area contributed by atoms with E-state index in [-0.39, 0.29) is 11.5 Å². The fraction of sp³-hybridized carbons (Fsp3) is 0.591. The molecule has 8 heteroatoms. The van der Waals surface area contributed by atoms with Crippen molar-refractivity contribution in [3.05, 3.63) is 46.1 Å². The Hall–Kier alpha value is -2.45. The molecule has 2 aromatic heterocycles. The fourth-order valence-electron chi connectivity index (χ4n) is 4.73. The van der Waals surface area contributed by atoms with Gasteiger partial charge in [-0.1, -0.05) is 6.42 Å². The molecule has 8 nitrogen and oxygen atoms in total. The van der Waals surface area contributed by atoms with Crippen molar-refractivity contribution in [2.45, 2.75) is 38.3 Å². The minimum absolute atomic E-state index is 0.0334. The highest BCUT2D eigenvalue weighted by molar-refractivity contribution is 5.78. The third-order valence-electron chi connectivity index (χ3n) is 6.89. The van der Waals surface area contributed by atoms with Gasteiger partial charge in [0.1, 0.15) is 0 Å². The van der Waals surface area contributed by atoms with Crippen LogP contribution in [0.15, 0.2) is 29.3 Å². The molecule has 1 amide bonds. The second kappa shape index (κ2) is 8.00. The maximum Gasteiger partial charge on any atom is 0.250 e. The molecule has 1 saturated carbocycles. The quantitative estimate of drug-likeness (QED) is 0.740. The lowest BCUT2D eigenvalue weighted by atomic mass is 9.91. The summed E-state index contributed by atoms with van der Waals surface area (Å²) in [5.41, 5.74) is 3.09. The largest absolute Gasteiger partial charge is 0.339 e. The SMILES string of the molecule is Cn1cc(-n2cc3c(n2)CCN(CC(=O)N2CCN(C4CCC4)CC2)C3)ccc1=O. The van der Waals surface area contributed by atoms with Crippen LogP contribution in [-0.2, 0) is 24.8 Å². The minimum Gasteiger partial charge on any atom is -0.339 e. The van der Waals surface area contributed by atoms with Crippen LogP contribution in [0.3, 0.4) is 0 Å². The standard InChI is InChI=1S/C22H30N6O2/c1-24-15-19(5-6-21(24)29)28-14-17-13-25(8-7-20(17)23-28)16-22(30)27-11-9-26(10-12-27)18-3-2-4-18/h5-6,14-15,18H,2-4,7-13,16H2,1H3. The third-order valence-corrected chi connectivity index (χ3v) is 6.89. The van der Waals surface area contributed by atoms with Crippen molar-refractivity contribution < 1.29 is 4.79 Å². The average Bonchev–Trinajstić information content (AvgIpc) is 3.13. The van der Waals surface area contributed by atoms with Gasteiger partial charge in [-0.25, -0.2) is 4.68 Å². The van der Waals surface area contributed by atoms with E-state index in [9.17, 15) is 9.59 Å². The van der Waals surface area contributed by atoms with Crippen molar-refractivity contribution in [1.29, 1.82) is 0 Å². The van der Waals surface area contributed by atoms with E-state index in [0.29, 0.717) is 6.54 Å². The third kappa shape index (κ3) is 3.81. The molecule has 1 aliphatic carbocycles. The van der Waals surface area contributed by atoms with E-state index in [1.54, 1.807) is 29.9 Å². The Bertz CT molecular complexity index is 984. The second-order valence-corrected chi connectivity index (χ2v) is 8.84. The lowest BCUT2D eigenvalue weighted by Gasteiger charge is -2.43. The average molecular weight is 411 g/mol. The number of rotatable bonds is 4. The molecule has 2 fully saturated rings. The summed E-state index contributed by atoms with van der Waals surface area (Å²) in [6.45, 7) is 5.84. The molecule has 30 heavy (non-hydrogen) atoms. The highest BCUT2D eigenvalue weighted by Gasteiger charge is 2.30. The van der Waals surface area contributed by atoms with E-state index in [1.165, 1.54) is 19.3 Å². The molecular formula is C22H30N6O2. The number of piperazine rings is 1. The number of hydrogen-bond acceptors (Lipinski definition) is 5. The molecule has 160 valence electrons. The van der Waals surface area contributed by atoms with E-state index in [2.05, 4.69) is 9.80 Å². The van der Waals surface area contributed by atoms with Gasteiger partial charge in [0.05, 0.1) is 17.9 Å². The van der Waals surface area contributed by atoms with Crippen molar-refractivity contribution >= 4 is 5.91 Å². The first-order chi connectivity index (χ1) is 14.6. The van der Waals surface area contributed by atoms with Crippen molar-refractivity contribution in [3.63, 3.8) is 0 Å². The number of amides is 1. The van der Waals surface area contributed by atoms with Crippen LogP contribution in [-0.4, -0.2) is 80.3 Å². The maximum absolute atomic E-state index is 12.8.